The zero-order chi connectivity index (χ0) is 16.8. The Kier molecular flexibility index (Phi) is 3.48. The van der Waals surface area contributed by atoms with Crippen LogP contribution in [0.2, 0.25) is 0 Å². The van der Waals surface area contributed by atoms with E-state index >= 15 is 0 Å². The summed E-state index contributed by atoms with van der Waals surface area (Å²) in [5.74, 6) is -1.35. The third kappa shape index (κ3) is 2.50. The molecule has 8 nitrogen and oxygen atoms in total. The van der Waals surface area contributed by atoms with Gasteiger partial charge in [0, 0.05) is 19.2 Å². The second-order valence-electron chi connectivity index (χ2n) is 5.78. The van der Waals surface area contributed by atoms with Crippen molar-refractivity contribution >= 4 is 22.9 Å². The first-order valence-corrected chi connectivity index (χ1v) is 7.14. The van der Waals surface area contributed by atoms with Crippen molar-refractivity contribution in [1.82, 2.24) is 9.47 Å². The van der Waals surface area contributed by atoms with Gasteiger partial charge < -0.3 is 19.8 Å². The van der Waals surface area contributed by atoms with E-state index in [0.29, 0.717) is 23.2 Å². The van der Waals surface area contributed by atoms with Gasteiger partial charge in [0.25, 0.3) is 11.8 Å². The fourth-order valence-electron chi connectivity index (χ4n) is 2.63. The number of carbonyl (C=O) groups excluding carboxylic acids is 2. The van der Waals surface area contributed by atoms with Gasteiger partial charge in [0.2, 0.25) is 0 Å². The Morgan fingerprint density at radius 1 is 1.35 bits per heavy atom. The summed E-state index contributed by atoms with van der Waals surface area (Å²) in [5.41, 5.74) is 5.51. The number of aryl methyl sites for hydroxylation is 1. The minimum Gasteiger partial charge on any atom is -0.408 e. The average Bonchev–Trinajstić information content (AvgIpc) is 2.81. The number of ether oxygens (including phenoxy) is 1. The van der Waals surface area contributed by atoms with E-state index < -0.39 is 17.3 Å². The molecule has 1 aliphatic rings. The van der Waals surface area contributed by atoms with E-state index in [1.54, 1.807) is 32.2 Å². The van der Waals surface area contributed by atoms with Gasteiger partial charge in [-0.2, -0.15) is 0 Å². The third-order valence-corrected chi connectivity index (χ3v) is 4.12. The number of amides is 2. The number of carbonyl (C=O) groups is 2. The molecule has 8 heteroatoms. The Morgan fingerprint density at radius 3 is 2.78 bits per heavy atom. The maximum Gasteiger partial charge on any atom is 0.419 e. The van der Waals surface area contributed by atoms with Crippen LogP contribution in [-0.4, -0.2) is 46.6 Å². The normalized spacial score (nSPS) is 21.6. The number of fused-ring (bicyclic) bond motifs is 1. The van der Waals surface area contributed by atoms with Gasteiger partial charge in [0.15, 0.2) is 11.2 Å². The molecule has 0 aliphatic carbocycles. The molecule has 2 aromatic rings. The van der Waals surface area contributed by atoms with Crippen LogP contribution in [0.3, 0.4) is 0 Å². The molecule has 2 amide bonds. The molecule has 0 radical (unpaired) electrons. The van der Waals surface area contributed by atoms with Gasteiger partial charge in [0.1, 0.15) is 0 Å². The van der Waals surface area contributed by atoms with Crippen LogP contribution < -0.4 is 11.5 Å². The van der Waals surface area contributed by atoms with Crippen molar-refractivity contribution in [3.63, 3.8) is 0 Å². The molecule has 1 fully saturated rings. The Bertz CT molecular complexity index is 852. The van der Waals surface area contributed by atoms with E-state index in [1.807, 2.05) is 0 Å². The Morgan fingerprint density at radius 2 is 2.09 bits per heavy atom. The molecule has 0 bridgehead atoms. The largest absolute Gasteiger partial charge is 0.419 e. The number of morpholine rings is 1. The number of oxazole rings is 1. The Labute approximate surface area is 131 Å². The second kappa shape index (κ2) is 5.24. The van der Waals surface area contributed by atoms with Crippen molar-refractivity contribution in [2.45, 2.75) is 12.5 Å². The van der Waals surface area contributed by atoms with E-state index in [2.05, 4.69) is 0 Å². The Balaban J connectivity index is 1.92. The van der Waals surface area contributed by atoms with Crippen molar-refractivity contribution in [3.8, 4) is 0 Å². The van der Waals surface area contributed by atoms with Gasteiger partial charge in [0.05, 0.1) is 18.7 Å². The first-order valence-electron chi connectivity index (χ1n) is 7.14. The molecule has 23 heavy (non-hydrogen) atoms. The van der Waals surface area contributed by atoms with Gasteiger partial charge >= 0.3 is 5.76 Å². The predicted octanol–water partition coefficient (Wildman–Crippen LogP) is -0.152. The zero-order valence-corrected chi connectivity index (χ0v) is 12.9. The summed E-state index contributed by atoms with van der Waals surface area (Å²) in [4.78, 5) is 37.2. The lowest BCUT2D eigenvalue weighted by molar-refractivity contribution is -0.150. The number of nitrogens with two attached hydrogens (primary N) is 1. The third-order valence-electron chi connectivity index (χ3n) is 4.12. The molecular formula is C15H17N3O5. The molecule has 0 unspecified atom stereocenters. The first kappa shape index (κ1) is 15.3. The highest BCUT2D eigenvalue weighted by Crippen LogP contribution is 2.21. The maximum absolute atomic E-state index is 12.7. The van der Waals surface area contributed by atoms with Crippen LogP contribution in [-0.2, 0) is 16.6 Å². The summed E-state index contributed by atoms with van der Waals surface area (Å²) < 4.78 is 11.8. The summed E-state index contributed by atoms with van der Waals surface area (Å²) in [6, 6.07) is 4.77. The second-order valence-corrected chi connectivity index (χ2v) is 5.78. The van der Waals surface area contributed by atoms with Gasteiger partial charge in [-0.15, -0.1) is 0 Å². The van der Waals surface area contributed by atoms with E-state index in [1.165, 1.54) is 9.47 Å². The molecular weight excluding hydrogens is 302 g/mol. The minimum absolute atomic E-state index is 0.0868. The van der Waals surface area contributed by atoms with Crippen molar-refractivity contribution in [3.05, 3.63) is 34.3 Å². The monoisotopic (exact) mass is 319 g/mol. The van der Waals surface area contributed by atoms with Crippen molar-refractivity contribution in [2.75, 3.05) is 19.7 Å². The number of benzene rings is 1. The lowest BCUT2D eigenvalue weighted by Crippen LogP contribution is -2.58. The summed E-state index contributed by atoms with van der Waals surface area (Å²) in [5, 5.41) is 0. The van der Waals surface area contributed by atoms with Gasteiger partial charge in [-0.05, 0) is 25.1 Å². The summed E-state index contributed by atoms with van der Waals surface area (Å²) in [6.45, 7) is 2.25. The highest BCUT2D eigenvalue weighted by Gasteiger charge is 2.39. The molecule has 0 spiro atoms. The van der Waals surface area contributed by atoms with Gasteiger partial charge in [-0.1, -0.05) is 0 Å². The number of hydrogen-bond donors (Lipinski definition) is 1. The van der Waals surface area contributed by atoms with E-state index in [9.17, 15) is 14.4 Å². The van der Waals surface area contributed by atoms with E-state index in [4.69, 9.17) is 14.9 Å². The standard InChI is InChI=1S/C15H17N3O5/c1-15(13(16)20)8-18(5-6-22-15)12(19)9-3-4-11-10(7-9)17(2)14(21)23-11/h3-4,7H,5-6,8H2,1-2H3,(H2,16,20)/t15-/m1/s1. The fourth-order valence-corrected chi connectivity index (χ4v) is 2.63. The number of hydrogen-bond acceptors (Lipinski definition) is 5. The molecule has 122 valence electrons. The predicted molar refractivity (Wildman–Crippen MR) is 80.9 cm³/mol. The molecule has 2 heterocycles. The molecule has 3 rings (SSSR count). The van der Waals surface area contributed by atoms with Crippen molar-refractivity contribution < 1.29 is 18.7 Å². The average molecular weight is 319 g/mol. The van der Waals surface area contributed by atoms with E-state index in [0.717, 1.165) is 0 Å². The molecule has 2 N–H and O–H groups in total. The van der Waals surface area contributed by atoms with Crippen LogP contribution in [0.5, 0.6) is 0 Å². The molecule has 1 aliphatic heterocycles. The maximum atomic E-state index is 12.7. The Hall–Kier alpha value is -2.61. The fraction of sp³-hybridized carbons (Fsp3) is 0.400. The quantitative estimate of drug-likeness (QED) is 0.828. The molecule has 1 atom stereocenters. The number of rotatable bonds is 2. The smallest absolute Gasteiger partial charge is 0.408 e. The van der Waals surface area contributed by atoms with Gasteiger partial charge in [-0.25, -0.2) is 4.79 Å². The van der Waals surface area contributed by atoms with Crippen LogP contribution in [0.4, 0.5) is 0 Å². The van der Waals surface area contributed by atoms with Crippen LogP contribution in [0.15, 0.2) is 27.4 Å². The number of aromatic nitrogens is 1. The van der Waals surface area contributed by atoms with E-state index in [-0.39, 0.29) is 19.1 Å². The molecule has 1 aromatic heterocycles. The summed E-state index contributed by atoms with van der Waals surface area (Å²) in [7, 11) is 1.57. The number of primary amides is 1. The lowest BCUT2D eigenvalue weighted by Gasteiger charge is -2.38. The molecule has 1 aromatic carbocycles. The molecule has 0 saturated carbocycles. The highest BCUT2D eigenvalue weighted by atomic mass is 16.5. The summed E-state index contributed by atoms with van der Waals surface area (Å²) >= 11 is 0. The lowest BCUT2D eigenvalue weighted by atomic mass is 10.0. The van der Waals surface area contributed by atoms with Crippen molar-refractivity contribution in [1.29, 1.82) is 0 Å². The zero-order valence-electron chi connectivity index (χ0n) is 12.9. The summed E-state index contributed by atoms with van der Waals surface area (Å²) in [6.07, 6.45) is 0. The van der Waals surface area contributed by atoms with Crippen molar-refractivity contribution in [2.24, 2.45) is 12.8 Å². The van der Waals surface area contributed by atoms with Crippen LogP contribution in [0.25, 0.3) is 11.1 Å². The minimum atomic E-state index is -1.19. The van der Waals surface area contributed by atoms with Crippen LogP contribution >= 0.6 is 0 Å². The highest BCUT2D eigenvalue weighted by molar-refractivity contribution is 5.97. The van der Waals surface area contributed by atoms with Gasteiger partial charge in [-0.3, -0.25) is 14.2 Å². The first-order chi connectivity index (χ1) is 10.8. The van der Waals surface area contributed by atoms with Crippen LogP contribution in [0, 0.1) is 0 Å². The SMILES string of the molecule is Cn1c(=O)oc2ccc(C(=O)N3CCO[C@@](C)(C(N)=O)C3)cc21. The molecule has 1 saturated heterocycles. The van der Waals surface area contributed by atoms with Crippen LogP contribution in [0.1, 0.15) is 17.3 Å². The number of nitrogens with zero attached hydrogens (tertiary/aromatic N) is 2. The topological polar surface area (TPSA) is 108 Å².